The van der Waals surface area contributed by atoms with Gasteiger partial charge in [0.05, 0.1) is 0 Å². The molecule has 0 heterocycles. The van der Waals surface area contributed by atoms with E-state index in [0.29, 0.717) is 5.41 Å². The van der Waals surface area contributed by atoms with E-state index in [4.69, 9.17) is 0 Å². The second-order valence-corrected chi connectivity index (χ2v) is 7.71. The molecule has 2 fully saturated rings. The number of rotatable bonds is 6. The van der Waals surface area contributed by atoms with E-state index in [0.717, 1.165) is 17.9 Å². The van der Waals surface area contributed by atoms with E-state index >= 15 is 0 Å². The Morgan fingerprint density at radius 1 is 1.16 bits per heavy atom. The van der Waals surface area contributed by atoms with E-state index in [9.17, 15) is 0 Å². The molecule has 2 unspecified atom stereocenters. The summed E-state index contributed by atoms with van der Waals surface area (Å²) in [5.74, 6) is 1.85. The second kappa shape index (κ2) is 6.58. The highest BCUT2D eigenvalue weighted by Crippen LogP contribution is 2.39. The van der Waals surface area contributed by atoms with Gasteiger partial charge in [-0.15, -0.1) is 0 Å². The molecule has 2 nitrogen and oxygen atoms in total. The van der Waals surface area contributed by atoms with Crippen molar-refractivity contribution < 1.29 is 0 Å². The molecule has 0 spiro atoms. The van der Waals surface area contributed by atoms with Crippen LogP contribution in [0, 0.1) is 17.3 Å². The van der Waals surface area contributed by atoms with Gasteiger partial charge in [-0.25, -0.2) is 0 Å². The first-order valence-electron chi connectivity index (χ1n) is 8.43. The molecule has 0 amide bonds. The molecule has 19 heavy (non-hydrogen) atoms. The van der Waals surface area contributed by atoms with E-state index < -0.39 is 0 Å². The highest BCUT2D eigenvalue weighted by Gasteiger charge is 2.35. The van der Waals surface area contributed by atoms with Crippen LogP contribution in [0.1, 0.15) is 59.3 Å². The highest BCUT2D eigenvalue weighted by molar-refractivity contribution is 4.90. The molecule has 2 aliphatic carbocycles. The molecule has 0 radical (unpaired) electrons. The van der Waals surface area contributed by atoms with E-state index in [1.54, 1.807) is 0 Å². The van der Waals surface area contributed by atoms with Crippen LogP contribution in [0.15, 0.2) is 0 Å². The predicted molar refractivity (Wildman–Crippen MR) is 83.4 cm³/mol. The van der Waals surface area contributed by atoms with Gasteiger partial charge in [-0.05, 0) is 62.9 Å². The first-order chi connectivity index (χ1) is 9.04. The summed E-state index contributed by atoms with van der Waals surface area (Å²) in [6.45, 7) is 11.1. The summed E-state index contributed by atoms with van der Waals surface area (Å²) in [7, 11) is 2.15. The number of hydrogen-bond acceptors (Lipinski definition) is 2. The summed E-state index contributed by atoms with van der Waals surface area (Å²) in [5.41, 5.74) is 0.550. The lowest BCUT2D eigenvalue weighted by molar-refractivity contribution is 0.0895. The van der Waals surface area contributed by atoms with Crippen molar-refractivity contribution in [1.82, 2.24) is 10.2 Å². The van der Waals surface area contributed by atoms with Crippen molar-refractivity contribution in [2.45, 2.75) is 65.3 Å². The van der Waals surface area contributed by atoms with Crippen molar-refractivity contribution in [3.8, 4) is 0 Å². The normalized spacial score (nSPS) is 31.4. The van der Waals surface area contributed by atoms with Crippen LogP contribution in [0.3, 0.4) is 0 Å². The lowest BCUT2D eigenvalue weighted by Gasteiger charge is -2.43. The van der Waals surface area contributed by atoms with Crippen molar-refractivity contribution >= 4 is 0 Å². The minimum Gasteiger partial charge on any atom is -0.317 e. The van der Waals surface area contributed by atoms with E-state index in [2.05, 4.69) is 38.0 Å². The summed E-state index contributed by atoms with van der Waals surface area (Å²) < 4.78 is 0. The smallest absolute Gasteiger partial charge is 0.0105 e. The monoisotopic (exact) mass is 266 g/mol. The first kappa shape index (κ1) is 15.3. The zero-order valence-corrected chi connectivity index (χ0v) is 13.5. The van der Waals surface area contributed by atoms with Crippen molar-refractivity contribution in [3.63, 3.8) is 0 Å². The van der Waals surface area contributed by atoms with Crippen molar-refractivity contribution in [1.29, 1.82) is 0 Å². The van der Waals surface area contributed by atoms with Crippen molar-refractivity contribution in [2.24, 2.45) is 17.3 Å². The maximum absolute atomic E-state index is 3.58. The molecule has 0 aromatic heterocycles. The number of nitrogens with one attached hydrogen (secondary N) is 1. The van der Waals surface area contributed by atoms with Gasteiger partial charge in [0, 0.05) is 19.1 Å². The molecule has 0 aromatic rings. The van der Waals surface area contributed by atoms with Gasteiger partial charge in [0.25, 0.3) is 0 Å². The third-order valence-electron chi connectivity index (χ3n) is 5.57. The topological polar surface area (TPSA) is 15.3 Å². The molecule has 0 aliphatic heterocycles. The summed E-state index contributed by atoms with van der Waals surface area (Å²) in [5, 5.41) is 3.58. The Hall–Kier alpha value is -0.0800. The average Bonchev–Trinajstić information content (AvgIpc) is 2.31. The third-order valence-corrected chi connectivity index (χ3v) is 5.57. The maximum atomic E-state index is 3.58. The Morgan fingerprint density at radius 2 is 1.89 bits per heavy atom. The Bertz CT molecular complexity index is 270. The van der Waals surface area contributed by atoms with Gasteiger partial charge in [0.15, 0.2) is 0 Å². The largest absolute Gasteiger partial charge is 0.317 e. The summed E-state index contributed by atoms with van der Waals surface area (Å²) in [6, 6.07) is 0.739. The summed E-state index contributed by atoms with van der Waals surface area (Å²) in [4.78, 5) is 2.72. The maximum Gasteiger partial charge on any atom is 0.0105 e. The van der Waals surface area contributed by atoms with Gasteiger partial charge in [0.2, 0.25) is 0 Å². The average molecular weight is 266 g/mol. The standard InChI is InChI=1S/C17H34N2/c1-5-19(12-14-7-6-8-14)13-15-11-17(2,3)10-9-16(15)18-4/h14-16,18H,5-13H2,1-4H3. The molecule has 2 atom stereocenters. The molecule has 1 N–H and O–H groups in total. The van der Waals surface area contributed by atoms with E-state index in [1.807, 2.05) is 0 Å². The first-order valence-corrected chi connectivity index (χ1v) is 8.43. The summed E-state index contributed by atoms with van der Waals surface area (Å²) >= 11 is 0. The van der Waals surface area contributed by atoms with Gasteiger partial charge in [0.1, 0.15) is 0 Å². The van der Waals surface area contributed by atoms with Crippen LogP contribution < -0.4 is 5.32 Å². The van der Waals surface area contributed by atoms with Gasteiger partial charge >= 0.3 is 0 Å². The third kappa shape index (κ3) is 4.19. The molecule has 0 saturated heterocycles. The fourth-order valence-corrected chi connectivity index (χ4v) is 4.01. The fraction of sp³-hybridized carbons (Fsp3) is 1.00. The van der Waals surface area contributed by atoms with Gasteiger partial charge in [-0.3, -0.25) is 0 Å². The number of hydrogen-bond donors (Lipinski definition) is 1. The van der Waals surface area contributed by atoms with Crippen LogP contribution in [-0.2, 0) is 0 Å². The molecule has 2 heteroatoms. The predicted octanol–water partition coefficient (Wildman–Crippen LogP) is 3.52. The van der Waals surface area contributed by atoms with Crippen LogP contribution >= 0.6 is 0 Å². The summed E-state index contributed by atoms with van der Waals surface area (Å²) in [6.07, 6.45) is 8.54. The Balaban J connectivity index is 1.88. The lowest BCUT2D eigenvalue weighted by Crippen LogP contribution is -2.47. The molecule has 0 aromatic carbocycles. The quantitative estimate of drug-likeness (QED) is 0.791. The molecular weight excluding hydrogens is 232 g/mol. The number of nitrogens with zero attached hydrogens (tertiary/aromatic N) is 1. The minimum absolute atomic E-state index is 0.550. The zero-order chi connectivity index (χ0) is 13.9. The molecule has 0 bridgehead atoms. The van der Waals surface area contributed by atoms with Crippen LogP contribution in [0.4, 0.5) is 0 Å². The fourth-order valence-electron chi connectivity index (χ4n) is 4.01. The van der Waals surface area contributed by atoms with Gasteiger partial charge < -0.3 is 10.2 Å². The van der Waals surface area contributed by atoms with Gasteiger partial charge in [-0.1, -0.05) is 27.2 Å². The SMILES string of the molecule is CCN(CC1CCC1)CC1CC(C)(C)CCC1NC. The van der Waals surface area contributed by atoms with Crippen LogP contribution in [-0.4, -0.2) is 37.6 Å². The van der Waals surface area contributed by atoms with Crippen molar-refractivity contribution in [2.75, 3.05) is 26.7 Å². The van der Waals surface area contributed by atoms with Crippen LogP contribution in [0.25, 0.3) is 0 Å². The lowest BCUT2D eigenvalue weighted by atomic mass is 9.69. The molecule has 2 saturated carbocycles. The molecule has 2 rings (SSSR count). The van der Waals surface area contributed by atoms with Crippen LogP contribution in [0.5, 0.6) is 0 Å². The zero-order valence-electron chi connectivity index (χ0n) is 13.5. The van der Waals surface area contributed by atoms with E-state index in [-0.39, 0.29) is 0 Å². The highest BCUT2D eigenvalue weighted by atomic mass is 15.1. The molecule has 112 valence electrons. The Kier molecular flexibility index (Phi) is 5.30. The van der Waals surface area contributed by atoms with Gasteiger partial charge in [-0.2, -0.15) is 0 Å². The Labute approximate surface area is 120 Å². The minimum atomic E-state index is 0.550. The van der Waals surface area contributed by atoms with Crippen molar-refractivity contribution in [3.05, 3.63) is 0 Å². The second-order valence-electron chi connectivity index (χ2n) is 7.71. The Morgan fingerprint density at radius 3 is 2.42 bits per heavy atom. The molecule has 2 aliphatic rings. The van der Waals surface area contributed by atoms with Crippen LogP contribution in [0.2, 0.25) is 0 Å². The van der Waals surface area contributed by atoms with E-state index in [1.165, 1.54) is 58.2 Å². The molecular formula is C17H34N2.